The molecule has 164 valence electrons. The average Bonchev–Trinajstić information content (AvgIpc) is 3.40. The summed E-state index contributed by atoms with van der Waals surface area (Å²) in [5.74, 6) is -0.149. The molecule has 1 aromatic heterocycles. The molecule has 2 aromatic carbocycles. The zero-order valence-corrected chi connectivity index (χ0v) is 18.6. The number of morpholine rings is 1. The van der Waals surface area contributed by atoms with Gasteiger partial charge in [0.2, 0.25) is 11.8 Å². The molecule has 1 atom stereocenters. The standard InChI is InChI=1S/C24H24N4O3S/c1-15-19-12-16(5-6-20(19)26-23(15)30)21-14-32-24(27-21)17-3-2-4-18(11-17)25-22(29)13-28-7-9-31-10-8-28/h2-6,11-12,14-15H,7-10,13H2,1H3,(H,25,29)(H,26,30)/t15-/m1/s1. The van der Waals surface area contributed by atoms with E-state index in [1.807, 2.05) is 54.8 Å². The Bertz CT molecular complexity index is 1170. The van der Waals surface area contributed by atoms with Gasteiger partial charge in [0.15, 0.2) is 0 Å². The minimum absolute atomic E-state index is 0.0284. The fourth-order valence-corrected chi connectivity index (χ4v) is 4.83. The van der Waals surface area contributed by atoms with Crippen LogP contribution < -0.4 is 10.6 Å². The van der Waals surface area contributed by atoms with Gasteiger partial charge in [0.25, 0.3) is 0 Å². The number of nitrogens with zero attached hydrogens (tertiary/aromatic N) is 2. The SMILES string of the molecule is C[C@H]1C(=O)Nc2ccc(-c3csc(-c4cccc(NC(=O)CN5CCOCC5)c4)n3)cc21. The molecular formula is C24H24N4O3S. The lowest BCUT2D eigenvalue weighted by Crippen LogP contribution is -2.41. The summed E-state index contributed by atoms with van der Waals surface area (Å²) >= 11 is 1.56. The molecule has 0 unspecified atom stereocenters. The van der Waals surface area contributed by atoms with E-state index in [4.69, 9.17) is 9.72 Å². The van der Waals surface area contributed by atoms with Gasteiger partial charge in [0.05, 0.1) is 31.4 Å². The van der Waals surface area contributed by atoms with Gasteiger partial charge < -0.3 is 15.4 Å². The molecule has 1 fully saturated rings. The lowest BCUT2D eigenvalue weighted by molar-refractivity contribution is -0.118. The van der Waals surface area contributed by atoms with Gasteiger partial charge in [-0.3, -0.25) is 14.5 Å². The Balaban J connectivity index is 1.30. The van der Waals surface area contributed by atoms with Gasteiger partial charge in [0, 0.05) is 41.0 Å². The number of carbonyl (C=O) groups is 2. The highest BCUT2D eigenvalue weighted by molar-refractivity contribution is 7.13. The van der Waals surface area contributed by atoms with Crippen LogP contribution >= 0.6 is 11.3 Å². The molecule has 5 rings (SSSR count). The van der Waals surface area contributed by atoms with E-state index in [1.54, 1.807) is 11.3 Å². The van der Waals surface area contributed by atoms with Crippen molar-refractivity contribution >= 4 is 34.5 Å². The summed E-state index contributed by atoms with van der Waals surface area (Å²) < 4.78 is 5.33. The summed E-state index contributed by atoms with van der Waals surface area (Å²) in [5.41, 5.74) is 5.46. The molecule has 2 N–H and O–H groups in total. The zero-order chi connectivity index (χ0) is 22.1. The Hall–Kier alpha value is -3.07. The van der Waals surface area contributed by atoms with Gasteiger partial charge in [-0.05, 0) is 36.8 Å². The fourth-order valence-electron chi connectivity index (χ4n) is 4.01. The molecule has 0 bridgehead atoms. The van der Waals surface area contributed by atoms with E-state index in [1.165, 1.54) is 0 Å². The predicted octanol–water partition coefficient (Wildman–Crippen LogP) is 3.80. The number of aromatic nitrogens is 1. The first-order valence-corrected chi connectivity index (χ1v) is 11.6. The Kier molecular flexibility index (Phi) is 5.73. The summed E-state index contributed by atoms with van der Waals surface area (Å²) in [6.07, 6.45) is 0. The number of anilines is 2. The molecule has 2 aliphatic rings. The van der Waals surface area contributed by atoms with Crippen molar-refractivity contribution in [2.45, 2.75) is 12.8 Å². The van der Waals surface area contributed by atoms with E-state index in [-0.39, 0.29) is 17.7 Å². The number of carbonyl (C=O) groups excluding carboxylic acids is 2. The third-order valence-corrected chi connectivity index (χ3v) is 6.72. The highest BCUT2D eigenvalue weighted by Crippen LogP contribution is 2.37. The number of benzene rings is 2. The molecule has 2 amide bonds. The molecule has 1 saturated heterocycles. The maximum Gasteiger partial charge on any atom is 0.238 e. The number of hydrogen-bond donors (Lipinski definition) is 2. The number of rotatable bonds is 5. The molecule has 0 spiro atoms. The number of ether oxygens (including phenoxy) is 1. The van der Waals surface area contributed by atoms with Crippen LogP contribution in [-0.4, -0.2) is 54.5 Å². The lowest BCUT2D eigenvalue weighted by Gasteiger charge is -2.25. The Morgan fingerprint density at radius 1 is 1.22 bits per heavy atom. The van der Waals surface area contributed by atoms with E-state index < -0.39 is 0 Å². The second-order valence-corrected chi connectivity index (χ2v) is 8.93. The largest absolute Gasteiger partial charge is 0.379 e. The summed E-state index contributed by atoms with van der Waals surface area (Å²) in [6.45, 7) is 5.18. The summed E-state index contributed by atoms with van der Waals surface area (Å²) in [5, 5.41) is 8.80. The molecule has 3 heterocycles. The van der Waals surface area contributed by atoms with E-state index >= 15 is 0 Å². The van der Waals surface area contributed by atoms with Crippen molar-refractivity contribution in [2.75, 3.05) is 43.5 Å². The van der Waals surface area contributed by atoms with Crippen LogP contribution in [0.1, 0.15) is 18.4 Å². The first-order valence-electron chi connectivity index (χ1n) is 10.7. The number of nitrogens with one attached hydrogen (secondary N) is 2. The second kappa shape index (κ2) is 8.82. The molecule has 0 radical (unpaired) electrons. The summed E-state index contributed by atoms with van der Waals surface area (Å²) in [6, 6.07) is 13.7. The smallest absolute Gasteiger partial charge is 0.238 e. The number of hydrogen-bond acceptors (Lipinski definition) is 6. The van der Waals surface area contributed by atoms with Crippen LogP contribution in [0.15, 0.2) is 47.8 Å². The van der Waals surface area contributed by atoms with Crippen LogP contribution in [0.3, 0.4) is 0 Å². The van der Waals surface area contributed by atoms with Gasteiger partial charge in [-0.15, -0.1) is 11.3 Å². The first-order chi connectivity index (χ1) is 15.6. The molecule has 0 aliphatic carbocycles. The van der Waals surface area contributed by atoms with E-state index in [0.29, 0.717) is 19.8 Å². The van der Waals surface area contributed by atoms with Crippen molar-refractivity contribution < 1.29 is 14.3 Å². The van der Waals surface area contributed by atoms with E-state index in [0.717, 1.165) is 51.9 Å². The van der Waals surface area contributed by atoms with Crippen molar-refractivity contribution in [1.82, 2.24) is 9.88 Å². The highest BCUT2D eigenvalue weighted by Gasteiger charge is 2.26. The normalized spacial score (nSPS) is 18.3. The minimum Gasteiger partial charge on any atom is -0.379 e. The first kappa shape index (κ1) is 20.8. The van der Waals surface area contributed by atoms with Crippen molar-refractivity contribution in [2.24, 2.45) is 0 Å². The van der Waals surface area contributed by atoms with Crippen LogP contribution in [0.25, 0.3) is 21.8 Å². The molecule has 32 heavy (non-hydrogen) atoms. The van der Waals surface area contributed by atoms with Crippen LogP contribution in [0.2, 0.25) is 0 Å². The quantitative estimate of drug-likeness (QED) is 0.620. The third-order valence-electron chi connectivity index (χ3n) is 5.83. The van der Waals surface area contributed by atoms with Crippen molar-refractivity contribution in [3.8, 4) is 21.8 Å². The van der Waals surface area contributed by atoms with Crippen molar-refractivity contribution in [3.63, 3.8) is 0 Å². The van der Waals surface area contributed by atoms with Gasteiger partial charge in [0.1, 0.15) is 5.01 Å². The minimum atomic E-state index is -0.152. The van der Waals surface area contributed by atoms with Gasteiger partial charge in [-0.2, -0.15) is 0 Å². The van der Waals surface area contributed by atoms with Crippen LogP contribution in [-0.2, 0) is 14.3 Å². The van der Waals surface area contributed by atoms with Gasteiger partial charge in [-0.1, -0.05) is 18.2 Å². The zero-order valence-electron chi connectivity index (χ0n) is 17.8. The maximum atomic E-state index is 12.4. The third kappa shape index (κ3) is 4.29. The molecule has 0 saturated carbocycles. The number of fused-ring (bicyclic) bond motifs is 1. The van der Waals surface area contributed by atoms with Crippen LogP contribution in [0.5, 0.6) is 0 Å². The average molecular weight is 449 g/mol. The monoisotopic (exact) mass is 448 g/mol. The van der Waals surface area contributed by atoms with Crippen LogP contribution in [0.4, 0.5) is 11.4 Å². The van der Waals surface area contributed by atoms with E-state index in [2.05, 4.69) is 15.5 Å². The second-order valence-electron chi connectivity index (χ2n) is 8.07. The Morgan fingerprint density at radius 3 is 2.91 bits per heavy atom. The number of thiazole rings is 1. The summed E-state index contributed by atoms with van der Waals surface area (Å²) in [4.78, 5) is 31.3. The molecule has 7 nitrogen and oxygen atoms in total. The maximum absolute atomic E-state index is 12.4. The molecule has 8 heteroatoms. The summed E-state index contributed by atoms with van der Waals surface area (Å²) in [7, 11) is 0. The van der Waals surface area contributed by atoms with Crippen molar-refractivity contribution in [3.05, 3.63) is 53.4 Å². The Labute approximate surface area is 190 Å². The molecular weight excluding hydrogens is 424 g/mol. The number of amides is 2. The Morgan fingerprint density at radius 2 is 2.06 bits per heavy atom. The molecule has 3 aromatic rings. The highest BCUT2D eigenvalue weighted by atomic mass is 32.1. The van der Waals surface area contributed by atoms with Crippen molar-refractivity contribution in [1.29, 1.82) is 0 Å². The van der Waals surface area contributed by atoms with E-state index in [9.17, 15) is 9.59 Å². The molecule has 2 aliphatic heterocycles. The topological polar surface area (TPSA) is 83.6 Å². The lowest BCUT2D eigenvalue weighted by atomic mass is 9.99. The van der Waals surface area contributed by atoms with Crippen LogP contribution in [0, 0.1) is 0 Å². The fraction of sp³-hybridized carbons (Fsp3) is 0.292. The van der Waals surface area contributed by atoms with Gasteiger partial charge >= 0.3 is 0 Å². The van der Waals surface area contributed by atoms with Gasteiger partial charge in [-0.25, -0.2) is 4.98 Å². The predicted molar refractivity (Wildman–Crippen MR) is 126 cm³/mol.